The summed E-state index contributed by atoms with van der Waals surface area (Å²) in [6.45, 7) is 2.20. The second kappa shape index (κ2) is 3.00. The largest absolute Gasteiger partial charge is 0.390 e. The van der Waals surface area contributed by atoms with Gasteiger partial charge in [-0.3, -0.25) is 0 Å². The van der Waals surface area contributed by atoms with E-state index in [0.717, 1.165) is 19.3 Å². The third kappa shape index (κ3) is 1.17. The highest BCUT2D eigenvalue weighted by atomic mass is 16.6. The number of unbranched alkanes of at least 4 members (excludes halogenated alkanes) is 2. The molecule has 1 aliphatic carbocycles. The van der Waals surface area contributed by atoms with Crippen LogP contribution in [0.4, 0.5) is 0 Å². The molecule has 2 fully saturated rings. The van der Waals surface area contributed by atoms with Gasteiger partial charge in [0.05, 0.1) is 12.2 Å². The Hall–Kier alpha value is -0.0800. The molecule has 1 saturated carbocycles. The molecular weight excluding hydrogens is 152 g/mol. The number of ether oxygens (including phenoxy) is 1. The topological polar surface area (TPSA) is 32.8 Å². The van der Waals surface area contributed by atoms with Gasteiger partial charge in [-0.25, -0.2) is 0 Å². The van der Waals surface area contributed by atoms with Gasteiger partial charge in [-0.15, -0.1) is 0 Å². The highest BCUT2D eigenvalue weighted by Crippen LogP contribution is 2.52. The van der Waals surface area contributed by atoms with E-state index in [2.05, 4.69) is 6.92 Å². The molecule has 3 unspecified atom stereocenters. The number of hydrogen-bond donors (Lipinski definition) is 1. The van der Waals surface area contributed by atoms with Crippen LogP contribution in [0.25, 0.3) is 0 Å². The maximum atomic E-state index is 9.66. The number of aliphatic hydroxyl groups excluding tert-OH is 1. The molecule has 2 heteroatoms. The Morgan fingerprint density at radius 3 is 2.75 bits per heavy atom. The summed E-state index contributed by atoms with van der Waals surface area (Å²) in [6.07, 6.45) is 7.08. The lowest BCUT2D eigenvalue weighted by molar-refractivity contribution is 0.0592. The maximum absolute atomic E-state index is 9.66. The van der Waals surface area contributed by atoms with E-state index in [1.165, 1.54) is 19.3 Å². The van der Waals surface area contributed by atoms with E-state index in [1.807, 2.05) is 0 Å². The molecule has 2 aliphatic rings. The van der Waals surface area contributed by atoms with E-state index in [1.54, 1.807) is 0 Å². The summed E-state index contributed by atoms with van der Waals surface area (Å²) in [5, 5.41) is 9.66. The number of hydrogen-bond acceptors (Lipinski definition) is 2. The van der Waals surface area contributed by atoms with Crippen molar-refractivity contribution in [1.29, 1.82) is 0 Å². The van der Waals surface area contributed by atoms with Crippen LogP contribution in [0, 0.1) is 0 Å². The van der Waals surface area contributed by atoms with Gasteiger partial charge in [0.2, 0.25) is 0 Å². The van der Waals surface area contributed by atoms with E-state index < -0.39 is 0 Å². The molecule has 2 nitrogen and oxygen atoms in total. The normalized spacial score (nSPS) is 44.5. The van der Waals surface area contributed by atoms with Gasteiger partial charge in [0.1, 0.15) is 5.60 Å². The van der Waals surface area contributed by atoms with Crippen molar-refractivity contribution in [2.24, 2.45) is 0 Å². The zero-order valence-electron chi connectivity index (χ0n) is 7.75. The SMILES string of the molecule is CCCCCC12OC1CCC2O. The van der Waals surface area contributed by atoms with Crippen LogP contribution in [0.3, 0.4) is 0 Å². The third-order valence-corrected chi connectivity index (χ3v) is 3.29. The molecule has 12 heavy (non-hydrogen) atoms. The second-order valence-electron chi connectivity index (χ2n) is 4.11. The van der Waals surface area contributed by atoms with Crippen LogP contribution in [-0.2, 0) is 4.74 Å². The van der Waals surface area contributed by atoms with Gasteiger partial charge in [0.15, 0.2) is 0 Å². The average Bonchev–Trinajstić information content (AvgIpc) is 2.70. The van der Waals surface area contributed by atoms with Crippen molar-refractivity contribution in [3.63, 3.8) is 0 Å². The van der Waals surface area contributed by atoms with Crippen LogP contribution >= 0.6 is 0 Å². The lowest BCUT2D eigenvalue weighted by Crippen LogP contribution is -2.26. The minimum absolute atomic E-state index is 0.0742. The van der Waals surface area contributed by atoms with Gasteiger partial charge in [0, 0.05) is 0 Å². The van der Waals surface area contributed by atoms with E-state index in [9.17, 15) is 5.11 Å². The first-order valence-electron chi connectivity index (χ1n) is 5.15. The van der Waals surface area contributed by atoms with Gasteiger partial charge in [-0.2, -0.15) is 0 Å². The molecule has 1 aliphatic heterocycles. The number of aliphatic hydroxyl groups is 1. The van der Waals surface area contributed by atoms with Gasteiger partial charge < -0.3 is 9.84 Å². The molecule has 70 valence electrons. The van der Waals surface area contributed by atoms with Crippen molar-refractivity contribution in [2.45, 2.75) is 63.3 Å². The van der Waals surface area contributed by atoms with Crippen LogP contribution in [0.5, 0.6) is 0 Å². The minimum Gasteiger partial charge on any atom is -0.390 e. The molecule has 0 bridgehead atoms. The third-order valence-electron chi connectivity index (χ3n) is 3.29. The Balaban J connectivity index is 1.80. The summed E-state index contributed by atoms with van der Waals surface area (Å²) < 4.78 is 5.55. The van der Waals surface area contributed by atoms with E-state index in [-0.39, 0.29) is 11.7 Å². The minimum atomic E-state index is -0.167. The van der Waals surface area contributed by atoms with Crippen LogP contribution < -0.4 is 0 Å². The molecule has 1 N–H and O–H groups in total. The Bertz CT molecular complexity index is 169. The summed E-state index contributed by atoms with van der Waals surface area (Å²) in [4.78, 5) is 0. The van der Waals surface area contributed by atoms with E-state index in [4.69, 9.17) is 4.74 Å². The predicted octanol–water partition coefficient (Wildman–Crippen LogP) is 1.86. The summed E-state index contributed by atoms with van der Waals surface area (Å²) >= 11 is 0. The highest BCUT2D eigenvalue weighted by molar-refractivity contribution is 5.12. The molecule has 1 saturated heterocycles. The smallest absolute Gasteiger partial charge is 0.120 e. The summed E-state index contributed by atoms with van der Waals surface area (Å²) in [6, 6.07) is 0. The first kappa shape index (κ1) is 8.52. The fourth-order valence-corrected chi connectivity index (χ4v) is 2.42. The number of rotatable bonds is 4. The molecule has 0 aromatic carbocycles. The second-order valence-corrected chi connectivity index (χ2v) is 4.11. The van der Waals surface area contributed by atoms with Crippen molar-refractivity contribution in [3.05, 3.63) is 0 Å². The quantitative estimate of drug-likeness (QED) is 0.516. The van der Waals surface area contributed by atoms with Crippen LogP contribution in [0.1, 0.15) is 45.4 Å². The first-order chi connectivity index (χ1) is 5.79. The zero-order chi connectivity index (χ0) is 8.60. The van der Waals surface area contributed by atoms with Crippen LogP contribution in [-0.4, -0.2) is 22.9 Å². The monoisotopic (exact) mass is 170 g/mol. The Morgan fingerprint density at radius 1 is 1.42 bits per heavy atom. The fourth-order valence-electron chi connectivity index (χ4n) is 2.42. The maximum Gasteiger partial charge on any atom is 0.120 e. The summed E-state index contributed by atoms with van der Waals surface area (Å²) in [7, 11) is 0. The van der Waals surface area contributed by atoms with Gasteiger partial charge in [-0.05, 0) is 19.3 Å². The summed E-state index contributed by atoms with van der Waals surface area (Å²) in [5.74, 6) is 0. The van der Waals surface area contributed by atoms with Crippen molar-refractivity contribution in [2.75, 3.05) is 0 Å². The van der Waals surface area contributed by atoms with Gasteiger partial charge in [-0.1, -0.05) is 26.2 Å². The van der Waals surface area contributed by atoms with Crippen molar-refractivity contribution >= 4 is 0 Å². The highest BCUT2D eigenvalue weighted by Gasteiger charge is 2.64. The molecule has 0 radical (unpaired) electrons. The number of fused-ring (bicyclic) bond motifs is 1. The summed E-state index contributed by atoms with van der Waals surface area (Å²) in [5.41, 5.74) is -0.0742. The van der Waals surface area contributed by atoms with E-state index >= 15 is 0 Å². The Morgan fingerprint density at radius 2 is 2.25 bits per heavy atom. The molecule has 0 aromatic heterocycles. The van der Waals surface area contributed by atoms with Crippen molar-refractivity contribution in [1.82, 2.24) is 0 Å². The molecule has 0 spiro atoms. The lowest BCUT2D eigenvalue weighted by atomic mass is 9.97. The predicted molar refractivity (Wildman–Crippen MR) is 47.0 cm³/mol. The fraction of sp³-hybridized carbons (Fsp3) is 1.00. The number of epoxide rings is 1. The van der Waals surface area contributed by atoms with Crippen molar-refractivity contribution < 1.29 is 9.84 Å². The van der Waals surface area contributed by atoms with E-state index in [0.29, 0.717) is 6.10 Å². The molecule has 2 rings (SSSR count). The average molecular weight is 170 g/mol. The Labute approximate surface area is 73.9 Å². The molecule has 0 amide bonds. The molecule has 1 heterocycles. The molecular formula is C10H18O2. The van der Waals surface area contributed by atoms with Crippen molar-refractivity contribution in [3.8, 4) is 0 Å². The van der Waals surface area contributed by atoms with Gasteiger partial charge in [0.25, 0.3) is 0 Å². The van der Waals surface area contributed by atoms with Crippen LogP contribution in [0.2, 0.25) is 0 Å². The zero-order valence-corrected chi connectivity index (χ0v) is 7.75. The lowest BCUT2D eigenvalue weighted by Gasteiger charge is -2.14. The van der Waals surface area contributed by atoms with Crippen LogP contribution in [0.15, 0.2) is 0 Å². The first-order valence-corrected chi connectivity index (χ1v) is 5.15. The molecule has 3 atom stereocenters. The Kier molecular flexibility index (Phi) is 2.13. The standard InChI is InChI=1S/C10H18O2/c1-2-3-4-7-10-8(11)5-6-9(10)12-10/h8-9,11H,2-7H2,1H3. The molecule has 0 aromatic rings. The van der Waals surface area contributed by atoms with Gasteiger partial charge >= 0.3 is 0 Å².